The van der Waals surface area contributed by atoms with Crippen molar-refractivity contribution in [1.29, 1.82) is 0 Å². The molecule has 0 amide bonds. The Morgan fingerprint density at radius 1 is 1.00 bits per heavy atom. The highest BCUT2D eigenvalue weighted by Crippen LogP contribution is 2.26. The van der Waals surface area contributed by atoms with E-state index in [2.05, 4.69) is 6.92 Å². The fourth-order valence-corrected chi connectivity index (χ4v) is 2.73. The molecule has 0 bridgehead atoms. The first-order valence-electron chi connectivity index (χ1n) is 8.62. The lowest BCUT2D eigenvalue weighted by Gasteiger charge is -2.07. The second-order valence-electron chi connectivity index (χ2n) is 6.18. The first-order valence-corrected chi connectivity index (χ1v) is 8.62. The molecule has 22 heavy (non-hydrogen) atoms. The predicted octanol–water partition coefficient (Wildman–Crippen LogP) is 5.28. The molecule has 1 unspecified atom stereocenters. The average Bonchev–Trinajstić information content (AvgIpc) is 2.98. The maximum Gasteiger partial charge on any atom is 0.137 e. The lowest BCUT2D eigenvalue weighted by molar-refractivity contribution is 0.307. The molecule has 0 spiro atoms. The van der Waals surface area contributed by atoms with Crippen LogP contribution in [0.25, 0.3) is 11.0 Å². The predicted molar refractivity (Wildman–Crippen MR) is 92.3 cm³/mol. The molecule has 0 radical (unpaired) electrons. The minimum atomic E-state index is 0.358. The molecule has 1 heterocycles. The molecule has 2 rings (SSSR count). The Bertz CT molecular complexity index is 533. The van der Waals surface area contributed by atoms with Crippen LogP contribution >= 0.6 is 0 Å². The molecule has 122 valence electrons. The van der Waals surface area contributed by atoms with Crippen LogP contribution in [0.1, 0.15) is 58.3 Å². The fraction of sp³-hybridized carbons (Fsp3) is 0.579. The number of benzene rings is 1. The van der Waals surface area contributed by atoms with Crippen molar-refractivity contribution in [2.24, 2.45) is 5.73 Å². The van der Waals surface area contributed by atoms with Crippen molar-refractivity contribution in [2.45, 2.75) is 64.3 Å². The van der Waals surface area contributed by atoms with Gasteiger partial charge in [0.1, 0.15) is 11.3 Å². The molecule has 0 saturated carbocycles. The zero-order valence-corrected chi connectivity index (χ0v) is 13.7. The van der Waals surface area contributed by atoms with Gasteiger partial charge in [0.25, 0.3) is 0 Å². The van der Waals surface area contributed by atoms with E-state index < -0.39 is 0 Å². The first-order chi connectivity index (χ1) is 10.8. The Morgan fingerprint density at radius 3 is 2.50 bits per heavy atom. The topological polar surface area (TPSA) is 48.4 Å². The van der Waals surface area contributed by atoms with Crippen LogP contribution in [-0.2, 0) is 0 Å². The molecule has 0 aliphatic rings. The molecular weight excluding hydrogens is 274 g/mol. The molecule has 1 atom stereocenters. The summed E-state index contributed by atoms with van der Waals surface area (Å²) in [5, 5.41) is 1.07. The van der Waals surface area contributed by atoms with Crippen molar-refractivity contribution in [2.75, 3.05) is 6.61 Å². The molecule has 0 aliphatic heterocycles. The van der Waals surface area contributed by atoms with Crippen LogP contribution in [0.5, 0.6) is 5.75 Å². The van der Waals surface area contributed by atoms with E-state index in [1.807, 2.05) is 24.3 Å². The molecule has 0 aliphatic carbocycles. The van der Waals surface area contributed by atoms with Gasteiger partial charge in [-0.05, 0) is 38.0 Å². The third-order valence-electron chi connectivity index (χ3n) is 4.02. The first kappa shape index (κ1) is 16.9. The van der Waals surface area contributed by atoms with Crippen molar-refractivity contribution in [1.82, 2.24) is 0 Å². The Balaban J connectivity index is 1.50. The number of rotatable bonds is 11. The van der Waals surface area contributed by atoms with Crippen molar-refractivity contribution < 1.29 is 9.15 Å². The van der Waals surface area contributed by atoms with Crippen LogP contribution in [-0.4, -0.2) is 12.6 Å². The van der Waals surface area contributed by atoms with E-state index in [0.717, 1.165) is 36.2 Å². The third kappa shape index (κ3) is 5.72. The monoisotopic (exact) mass is 303 g/mol. The molecular formula is C19H29NO2. The van der Waals surface area contributed by atoms with Gasteiger partial charge < -0.3 is 14.9 Å². The standard InChI is InChI=1S/C19H29NO2/c1-16(20)10-7-5-3-2-4-6-8-14-21-18-11-9-12-19-17(18)13-15-22-19/h9,11-13,15-16H,2-8,10,14,20H2,1H3. The minimum Gasteiger partial charge on any atom is -0.493 e. The van der Waals surface area contributed by atoms with Gasteiger partial charge >= 0.3 is 0 Å². The van der Waals surface area contributed by atoms with E-state index in [0.29, 0.717) is 6.04 Å². The summed E-state index contributed by atoms with van der Waals surface area (Å²) in [6.07, 6.45) is 11.8. The fourth-order valence-electron chi connectivity index (χ4n) is 2.73. The summed E-state index contributed by atoms with van der Waals surface area (Å²) < 4.78 is 11.3. The number of hydrogen-bond acceptors (Lipinski definition) is 3. The third-order valence-corrected chi connectivity index (χ3v) is 4.02. The Morgan fingerprint density at radius 2 is 1.73 bits per heavy atom. The van der Waals surface area contributed by atoms with Crippen molar-refractivity contribution in [3.8, 4) is 5.75 Å². The minimum absolute atomic E-state index is 0.358. The zero-order chi connectivity index (χ0) is 15.6. The Hall–Kier alpha value is -1.48. The number of furan rings is 1. The summed E-state index contributed by atoms with van der Waals surface area (Å²) in [7, 11) is 0. The largest absolute Gasteiger partial charge is 0.493 e. The SMILES string of the molecule is CC(N)CCCCCCCCCOc1cccc2occc12. The normalized spacial score (nSPS) is 12.6. The molecule has 2 N–H and O–H groups in total. The lowest BCUT2D eigenvalue weighted by atomic mass is 10.1. The van der Waals surface area contributed by atoms with Crippen molar-refractivity contribution >= 4 is 11.0 Å². The van der Waals surface area contributed by atoms with E-state index in [4.69, 9.17) is 14.9 Å². The van der Waals surface area contributed by atoms with Gasteiger partial charge in [-0.3, -0.25) is 0 Å². The van der Waals surface area contributed by atoms with E-state index in [-0.39, 0.29) is 0 Å². The van der Waals surface area contributed by atoms with Crippen LogP contribution in [0.15, 0.2) is 34.9 Å². The average molecular weight is 303 g/mol. The van der Waals surface area contributed by atoms with Crippen molar-refractivity contribution in [3.63, 3.8) is 0 Å². The molecule has 3 nitrogen and oxygen atoms in total. The van der Waals surface area contributed by atoms with E-state index in [1.54, 1.807) is 6.26 Å². The zero-order valence-electron chi connectivity index (χ0n) is 13.7. The number of hydrogen-bond donors (Lipinski definition) is 1. The molecule has 1 aromatic heterocycles. The number of ether oxygens (including phenoxy) is 1. The maximum absolute atomic E-state index is 5.88. The highest BCUT2D eigenvalue weighted by Gasteiger charge is 2.03. The van der Waals surface area contributed by atoms with Gasteiger partial charge in [-0.15, -0.1) is 0 Å². The second-order valence-corrected chi connectivity index (χ2v) is 6.18. The smallest absolute Gasteiger partial charge is 0.137 e. The molecule has 0 saturated heterocycles. The maximum atomic E-state index is 5.88. The second kappa shape index (κ2) is 9.52. The molecule has 2 aromatic rings. The van der Waals surface area contributed by atoms with Gasteiger partial charge in [0, 0.05) is 6.04 Å². The quantitative estimate of drug-likeness (QED) is 0.574. The number of unbranched alkanes of at least 4 members (excludes halogenated alkanes) is 6. The molecule has 1 aromatic carbocycles. The highest BCUT2D eigenvalue weighted by atomic mass is 16.5. The van der Waals surface area contributed by atoms with Gasteiger partial charge in [-0.25, -0.2) is 0 Å². The van der Waals surface area contributed by atoms with Crippen LogP contribution in [0.4, 0.5) is 0 Å². The van der Waals surface area contributed by atoms with Gasteiger partial charge in [-0.1, -0.05) is 44.6 Å². The van der Waals surface area contributed by atoms with Crippen molar-refractivity contribution in [3.05, 3.63) is 30.5 Å². The van der Waals surface area contributed by atoms with Gasteiger partial charge in [0.15, 0.2) is 0 Å². The number of nitrogens with two attached hydrogens (primary N) is 1. The van der Waals surface area contributed by atoms with Crippen LogP contribution in [0.2, 0.25) is 0 Å². The van der Waals surface area contributed by atoms with E-state index in [1.165, 1.54) is 38.5 Å². The highest BCUT2D eigenvalue weighted by molar-refractivity contribution is 5.83. The van der Waals surface area contributed by atoms with Gasteiger partial charge in [0.05, 0.1) is 18.3 Å². The summed E-state index contributed by atoms with van der Waals surface area (Å²) in [6.45, 7) is 2.87. The van der Waals surface area contributed by atoms with Crippen LogP contribution in [0, 0.1) is 0 Å². The van der Waals surface area contributed by atoms with Gasteiger partial charge in [-0.2, -0.15) is 0 Å². The van der Waals surface area contributed by atoms with Gasteiger partial charge in [0.2, 0.25) is 0 Å². The van der Waals surface area contributed by atoms with E-state index in [9.17, 15) is 0 Å². The summed E-state index contributed by atoms with van der Waals surface area (Å²) in [5.41, 5.74) is 6.64. The lowest BCUT2D eigenvalue weighted by Crippen LogP contribution is -2.13. The summed E-state index contributed by atoms with van der Waals surface area (Å²) in [4.78, 5) is 0. The Kier molecular flexibility index (Phi) is 7.31. The molecule has 0 fully saturated rings. The molecule has 3 heteroatoms. The summed E-state index contributed by atoms with van der Waals surface area (Å²) in [5.74, 6) is 0.933. The van der Waals surface area contributed by atoms with E-state index >= 15 is 0 Å². The van der Waals surface area contributed by atoms with Crippen LogP contribution < -0.4 is 10.5 Å². The van der Waals surface area contributed by atoms with Crippen LogP contribution in [0.3, 0.4) is 0 Å². The summed E-state index contributed by atoms with van der Waals surface area (Å²) in [6, 6.07) is 8.27. The number of fused-ring (bicyclic) bond motifs is 1. The summed E-state index contributed by atoms with van der Waals surface area (Å²) >= 11 is 0. The Labute approximate surface area is 133 Å².